The standard InChI is InChI=1S/C35H41F2N7O6S/c1-51(48,43-35(47)39-13-6-12-38-32(45)8-3-2-4-14-44-15-5-9-34(44)46)23-24-18-31-41-30-21-27(28(37)22-40-30)26-11-10-25(36)20-29(26)49-16-7-17-50-33(19-24)42-31/h5,9-11,18-22H,2-4,6-8,12-17,23H2,1H3,(H,38,45)(H,39,47)(H,40,41,42). The first-order valence-electron chi connectivity index (χ1n) is 16.7. The first-order valence-corrected chi connectivity index (χ1v) is 18.8. The summed E-state index contributed by atoms with van der Waals surface area (Å²) in [6.07, 6.45) is 9.49. The molecule has 51 heavy (non-hydrogen) atoms. The van der Waals surface area contributed by atoms with Crippen LogP contribution in [0.25, 0.3) is 11.1 Å². The number of carbonyl (C=O) groups is 3. The molecule has 1 unspecified atom stereocenters. The highest BCUT2D eigenvalue weighted by Crippen LogP contribution is 2.34. The van der Waals surface area contributed by atoms with Gasteiger partial charge in [0.2, 0.25) is 17.7 Å². The molecule has 4 heterocycles. The second-order valence-electron chi connectivity index (χ2n) is 12.2. The lowest BCUT2D eigenvalue weighted by atomic mass is 10.0. The molecule has 13 nitrogen and oxygen atoms in total. The molecule has 16 heteroatoms. The molecule has 4 bridgehead atoms. The summed E-state index contributed by atoms with van der Waals surface area (Å²) in [7, 11) is -3.05. The summed E-state index contributed by atoms with van der Waals surface area (Å²) in [6, 6.07) is 7.78. The Morgan fingerprint density at radius 1 is 1.00 bits per heavy atom. The van der Waals surface area contributed by atoms with Crippen LogP contribution in [0, 0.1) is 11.6 Å². The SMILES string of the molecule is CS(=O)(Cc1cc2nc(c1)OCCCOc1cc(F)ccc1-c1cc(ncc1F)N2)=NC(=O)NCCCNC(=O)CCCCCN1CC=CC1=O. The average Bonchev–Trinajstić information content (AvgIpc) is 3.48. The minimum absolute atomic E-state index is 0.0343. The highest BCUT2D eigenvalue weighted by Gasteiger charge is 2.17. The van der Waals surface area contributed by atoms with Gasteiger partial charge in [-0.15, -0.1) is 4.36 Å². The number of hydrogen-bond acceptors (Lipinski definition) is 9. The Labute approximate surface area is 295 Å². The largest absolute Gasteiger partial charge is 0.493 e. The van der Waals surface area contributed by atoms with E-state index in [-0.39, 0.29) is 66.2 Å². The summed E-state index contributed by atoms with van der Waals surface area (Å²) in [5, 5.41) is 8.46. The molecular weight excluding hydrogens is 684 g/mol. The van der Waals surface area contributed by atoms with Gasteiger partial charge < -0.3 is 30.3 Å². The van der Waals surface area contributed by atoms with E-state index in [1.165, 1.54) is 30.5 Å². The van der Waals surface area contributed by atoms with Gasteiger partial charge in [0.1, 0.15) is 29.0 Å². The summed E-state index contributed by atoms with van der Waals surface area (Å²) in [5.41, 5.74) is 1.01. The van der Waals surface area contributed by atoms with Gasteiger partial charge in [0.25, 0.3) is 0 Å². The van der Waals surface area contributed by atoms with E-state index in [0.29, 0.717) is 50.0 Å². The molecular formula is C35H41F2N7O6S. The number of halogens is 2. The zero-order valence-electron chi connectivity index (χ0n) is 28.3. The molecule has 5 rings (SSSR count). The molecule has 0 saturated heterocycles. The monoisotopic (exact) mass is 725 g/mol. The van der Waals surface area contributed by atoms with Gasteiger partial charge in [-0.05, 0) is 49.1 Å². The smallest absolute Gasteiger partial charge is 0.349 e. The summed E-state index contributed by atoms with van der Waals surface area (Å²) >= 11 is 0. The third-order valence-electron chi connectivity index (χ3n) is 7.90. The van der Waals surface area contributed by atoms with Crippen LogP contribution in [0.2, 0.25) is 0 Å². The van der Waals surface area contributed by atoms with Crippen molar-refractivity contribution in [3.63, 3.8) is 0 Å². The number of anilines is 2. The number of fused-ring (bicyclic) bond motifs is 6. The number of urea groups is 1. The molecule has 272 valence electrons. The van der Waals surface area contributed by atoms with E-state index in [0.717, 1.165) is 25.5 Å². The molecule has 1 atom stereocenters. The molecule has 3 N–H and O–H groups in total. The van der Waals surface area contributed by atoms with Gasteiger partial charge in [0.05, 0.1) is 34.9 Å². The Kier molecular flexibility index (Phi) is 12.9. The maximum atomic E-state index is 14.9. The Balaban J connectivity index is 1.13. The zero-order valence-corrected chi connectivity index (χ0v) is 29.1. The van der Waals surface area contributed by atoms with Crippen LogP contribution in [0.5, 0.6) is 11.6 Å². The van der Waals surface area contributed by atoms with Crippen LogP contribution in [-0.4, -0.2) is 82.6 Å². The number of benzene rings is 1. The lowest BCUT2D eigenvalue weighted by Gasteiger charge is -2.16. The van der Waals surface area contributed by atoms with Crippen LogP contribution in [0.3, 0.4) is 0 Å². The van der Waals surface area contributed by atoms with Crippen molar-refractivity contribution in [2.75, 3.05) is 51.0 Å². The molecule has 0 fully saturated rings. The van der Waals surface area contributed by atoms with Crippen molar-refractivity contribution in [3.05, 3.63) is 71.9 Å². The van der Waals surface area contributed by atoms with E-state index in [1.54, 1.807) is 23.1 Å². The van der Waals surface area contributed by atoms with Gasteiger partial charge in [-0.25, -0.2) is 22.8 Å². The van der Waals surface area contributed by atoms with Crippen LogP contribution in [0.4, 0.5) is 25.2 Å². The number of unbranched alkanes of at least 4 members (excludes halogenated alkanes) is 2. The fourth-order valence-corrected chi connectivity index (χ4v) is 6.74. The molecule has 0 aliphatic carbocycles. The van der Waals surface area contributed by atoms with Gasteiger partial charge in [-0.1, -0.05) is 12.5 Å². The number of carbonyl (C=O) groups excluding carboxylic acids is 3. The number of amides is 4. The fourth-order valence-electron chi connectivity index (χ4n) is 5.47. The molecule has 2 aromatic heterocycles. The van der Waals surface area contributed by atoms with Crippen molar-refractivity contribution in [1.29, 1.82) is 0 Å². The van der Waals surface area contributed by atoms with E-state index in [1.807, 2.05) is 6.08 Å². The third kappa shape index (κ3) is 11.5. The van der Waals surface area contributed by atoms with Crippen LogP contribution >= 0.6 is 0 Å². The molecule has 2 aliphatic heterocycles. The van der Waals surface area contributed by atoms with E-state index in [4.69, 9.17) is 9.47 Å². The minimum Gasteiger partial charge on any atom is -0.493 e. The Morgan fingerprint density at radius 2 is 1.82 bits per heavy atom. The topological polar surface area (TPSA) is 164 Å². The minimum atomic E-state index is -3.05. The predicted octanol–water partition coefficient (Wildman–Crippen LogP) is 5.10. The lowest BCUT2D eigenvalue weighted by Crippen LogP contribution is -2.29. The highest BCUT2D eigenvalue weighted by molar-refractivity contribution is 7.92. The van der Waals surface area contributed by atoms with Crippen molar-refractivity contribution in [2.24, 2.45) is 4.36 Å². The Morgan fingerprint density at radius 3 is 2.65 bits per heavy atom. The van der Waals surface area contributed by atoms with Gasteiger partial charge in [0.15, 0.2) is 0 Å². The number of pyridine rings is 2. The first-order chi connectivity index (χ1) is 24.5. The van der Waals surface area contributed by atoms with E-state index >= 15 is 0 Å². The molecule has 1 aromatic carbocycles. The second kappa shape index (κ2) is 17.7. The summed E-state index contributed by atoms with van der Waals surface area (Å²) in [5.74, 6) is -0.388. The second-order valence-corrected chi connectivity index (χ2v) is 14.6. The molecule has 0 spiro atoms. The van der Waals surface area contributed by atoms with Crippen molar-refractivity contribution < 1.29 is 36.8 Å². The van der Waals surface area contributed by atoms with Crippen LogP contribution in [-0.2, 0) is 25.1 Å². The molecule has 4 amide bonds. The van der Waals surface area contributed by atoms with Crippen LogP contribution in [0.15, 0.2) is 59.1 Å². The number of hydrogen-bond donors (Lipinski definition) is 3. The van der Waals surface area contributed by atoms with Gasteiger partial charge in [0, 0.05) is 74.6 Å². The summed E-state index contributed by atoms with van der Waals surface area (Å²) in [4.78, 5) is 46.5. The predicted molar refractivity (Wildman–Crippen MR) is 188 cm³/mol. The molecule has 3 aromatic rings. The van der Waals surface area contributed by atoms with Gasteiger partial charge >= 0.3 is 6.03 Å². The lowest BCUT2D eigenvalue weighted by molar-refractivity contribution is -0.124. The highest BCUT2D eigenvalue weighted by atomic mass is 32.2. The van der Waals surface area contributed by atoms with Gasteiger partial charge in [-0.3, -0.25) is 9.59 Å². The number of nitrogens with zero attached hydrogens (tertiary/aromatic N) is 4. The molecule has 2 aliphatic rings. The summed E-state index contributed by atoms with van der Waals surface area (Å²) < 4.78 is 57.8. The fraction of sp³-hybridized carbons (Fsp3) is 0.400. The quantitative estimate of drug-likeness (QED) is 0.216. The maximum Gasteiger partial charge on any atom is 0.349 e. The normalized spacial score (nSPS) is 15.0. The van der Waals surface area contributed by atoms with Crippen molar-refractivity contribution in [3.8, 4) is 22.8 Å². The van der Waals surface area contributed by atoms with E-state index in [9.17, 15) is 27.4 Å². The average molecular weight is 726 g/mol. The van der Waals surface area contributed by atoms with Crippen molar-refractivity contribution >= 4 is 39.2 Å². The molecule has 0 saturated carbocycles. The number of rotatable bonds is 12. The van der Waals surface area contributed by atoms with Gasteiger partial charge in [-0.2, -0.15) is 4.98 Å². The first kappa shape index (κ1) is 37.1. The van der Waals surface area contributed by atoms with Crippen molar-refractivity contribution in [2.45, 2.75) is 44.3 Å². The number of aromatic nitrogens is 2. The van der Waals surface area contributed by atoms with E-state index < -0.39 is 27.4 Å². The van der Waals surface area contributed by atoms with Crippen LogP contribution in [0.1, 0.15) is 44.1 Å². The molecule has 0 radical (unpaired) electrons. The Hall–Kier alpha value is -5.12. The van der Waals surface area contributed by atoms with E-state index in [2.05, 4.69) is 30.3 Å². The van der Waals surface area contributed by atoms with Crippen molar-refractivity contribution in [1.82, 2.24) is 25.5 Å². The summed E-state index contributed by atoms with van der Waals surface area (Å²) in [6.45, 7) is 2.28. The Bertz CT molecular complexity index is 1900. The third-order valence-corrected chi connectivity index (χ3v) is 9.32. The number of ether oxygens (including phenoxy) is 2. The number of nitrogens with one attached hydrogen (secondary N) is 3. The van der Waals surface area contributed by atoms with Crippen LogP contribution < -0.4 is 25.4 Å². The zero-order chi connectivity index (χ0) is 36.2. The maximum absolute atomic E-state index is 14.9.